The van der Waals surface area contributed by atoms with Crippen molar-refractivity contribution in [2.75, 3.05) is 12.0 Å². The number of anilines is 1. The Hall–Kier alpha value is -4.75. The number of fused-ring (bicyclic) bond motifs is 1. The number of rotatable bonds is 7. The molecule has 0 saturated heterocycles. The highest BCUT2D eigenvalue weighted by molar-refractivity contribution is 6.31. The Morgan fingerprint density at radius 3 is 2.56 bits per heavy atom. The number of amides is 1. The summed E-state index contributed by atoms with van der Waals surface area (Å²) in [5, 5.41) is 5.66. The van der Waals surface area contributed by atoms with Gasteiger partial charge in [0.2, 0.25) is 0 Å². The average Bonchev–Trinajstić information content (AvgIpc) is 3.36. The predicted octanol–water partition coefficient (Wildman–Crippen LogP) is 6.32. The molecule has 1 unspecified atom stereocenters. The van der Waals surface area contributed by atoms with Crippen LogP contribution in [0.4, 0.5) is 5.69 Å². The molecule has 0 saturated carbocycles. The van der Waals surface area contributed by atoms with Crippen LogP contribution in [0.2, 0.25) is 5.02 Å². The van der Waals surface area contributed by atoms with Crippen LogP contribution in [0.25, 0.3) is 28.1 Å². The number of esters is 1. The number of carbonyl (C=O) groups is 2. The number of methoxy groups -OCH3 is 1. The molecule has 0 spiro atoms. The third-order valence-corrected chi connectivity index (χ3v) is 6.55. The third kappa shape index (κ3) is 5.73. The van der Waals surface area contributed by atoms with E-state index in [4.69, 9.17) is 11.6 Å². The van der Waals surface area contributed by atoms with Gasteiger partial charge >= 0.3 is 5.97 Å². The standard InChI is InChI=1S/C31H25ClN4O3/c1-35-29-12-11-23(15-26(29)18-34-35)24-9-10-25(28(32)16-24)20-36(31(38)22-6-4-3-5-7-22)27-14-21(17-33-19-27)8-13-30(37)39-2/h3-19H,20H2,1-2H3/b13-8+/i20D. The normalized spacial score (nSPS) is 12.3. The van der Waals surface area contributed by atoms with Crippen LogP contribution in [0.5, 0.6) is 0 Å². The number of benzene rings is 3. The summed E-state index contributed by atoms with van der Waals surface area (Å²) in [6, 6.07) is 21.9. The highest BCUT2D eigenvalue weighted by Gasteiger charge is 2.20. The van der Waals surface area contributed by atoms with Gasteiger partial charge in [0.1, 0.15) is 0 Å². The van der Waals surface area contributed by atoms with Crippen molar-refractivity contribution >= 4 is 46.1 Å². The lowest BCUT2D eigenvalue weighted by molar-refractivity contribution is -0.134. The zero-order chi connectivity index (χ0) is 28.2. The Kier molecular flexibility index (Phi) is 7.14. The number of aryl methyl sites for hydroxylation is 1. The number of ether oxygens (including phenoxy) is 1. The molecule has 2 aromatic heterocycles. The quantitative estimate of drug-likeness (QED) is 0.179. The second-order valence-corrected chi connectivity index (χ2v) is 9.19. The van der Waals surface area contributed by atoms with Gasteiger partial charge in [-0.2, -0.15) is 5.10 Å². The fourth-order valence-electron chi connectivity index (χ4n) is 4.16. The van der Waals surface area contributed by atoms with Crippen molar-refractivity contribution in [1.82, 2.24) is 14.8 Å². The molecule has 0 aliphatic rings. The number of nitrogens with zero attached hydrogens (tertiary/aromatic N) is 4. The topological polar surface area (TPSA) is 77.3 Å². The van der Waals surface area contributed by atoms with Crippen molar-refractivity contribution in [2.24, 2.45) is 7.05 Å². The molecule has 2 heterocycles. The van der Waals surface area contributed by atoms with E-state index < -0.39 is 18.4 Å². The number of halogens is 1. The first kappa shape index (κ1) is 24.6. The van der Waals surface area contributed by atoms with E-state index in [9.17, 15) is 11.0 Å². The zero-order valence-electron chi connectivity index (χ0n) is 22.3. The van der Waals surface area contributed by atoms with Gasteiger partial charge in [0.25, 0.3) is 5.91 Å². The van der Waals surface area contributed by atoms with Crippen LogP contribution in [0.1, 0.15) is 22.9 Å². The summed E-state index contributed by atoms with van der Waals surface area (Å²) in [5.41, 5.74) is 4.66. The lowest BCUT2D eigenvalue weighted by Crippen LogP contribution is -2.30. The van der Waals surface area contributed by atoms with Gasteiger partial charge in [0.15, 0.2) is 0 Å². The Balaban J connectivity index is 1.53. The van der Waals surface area contributed by atoms with E-state index in [1.807, 2.05) is 48.3 Å². The van der Waals surface area contributed by atoms with Crippen LogP contribution in [0.3, 0.4) is 0 Å². The fourth-order valence-corrected chi connectivity index (χ4v) is 4.39. The van der Waals surface area contributed by atoms with E-state index in [1.165, 1.54) is 30.4 Å². The molecule has 8 heteroatoms. The van der Waals surface area contributed by atoms with Gasteiger partial charge in [-0.3, -0.25) is 14.5 Å². The van der Waals surface area contributed by atoms with Crippen LogP contribution in [0, 0.1) is 0 Å². The molecule has 0 radical (unpaired) electrons. The minimum absolute atomic E-state index is 0.351. The molecule has 1 atom stereocenters. The number of aromatic nitrogens is 3. The van der Waals surface area contributed by atoms with E-state index in [0.717, 1.165) is 22.0 Å². The lowest BCUT2D eigenvalue weighted by atomic mass is 10.0. The van der Waals surface area contributed by atoms with Crippen LogP contribution < -0.4 is 4.90 Å². The van der Waals surface area contributed by atoms with Crippen LogP contribution in [-0.4, -0.2) is 33.8 Å². The molecule has 1 amide bonds. The van der Waals surface area contributed by atoms with Gasteiger partial charge < -0.3 is 9.64 Å². The van der Waals surface area contributed by atoms with Crippen molar-refractivity contribution in [1.29, 1.82) is 0 Å². The Labute approximate surface area is 232 Å². The second kappa shape index (κ2) is 11.3. The highest BCUT2D eigenvalue weighted by atomic mass is 35.5. The average molecular weight is 538 g/mol. The molecule has 0 bridgehead atoms. The third-order valence-electron chi connectivity index (χ3n) is 6.22. The van der Waals surface area contributed by atoms with Gasteiger partial charge in [-0.1, -0.05) is 48.0 Å². The molecule has 0 aliphatic heterocycles. The molecule has 5 rings (SSSR count). The number of hydrogen-bond acceptors (Lipinski definition) is 5. The van der Waals surface area contributed by atoms with Gasteiger partial charge in [0.05, 0.1) is 38.6 Å². The van der Waals surface area contributed by atoms with Gasteiger partial charge in [0, 0.05) is 35.3 Å². The maximum absolute atomic E-state index is 13.7. The largest absolute Gasteiger partial charge is 0.466 e. The minimum atomic E-state index is -1.18. The highest BCUT2D eigenvalue weighted by Crippen LogP contribution is 2.30. The maximum atomic E-state index is 13.7. The molecule has 7 nitrogen and oxygen atoms in total. The van der Waals surface area contributed by atoms with E-state index in [0.29, 0.717) is 27.4 Å². The maximum Gasteiger partial charge on any atom is 0.330 e. The number of pyridine rings is 1. The van der Waals surface area contributed by atoms with E-state index in [2.05, 4.69) is 14.8 Å². The molecule has 0 fully saturated rings. The van der Waals surface area contributed by atoms with E-state index >= 15 is 0 Å². The molecule has 5 aromatic rings. The van der Waals surface area contributed by atoms with Crippen LogP contribution in [-0.2, 0) is 23.1 Å². The first-order valence-corrected chi connectivity index (χ1v) is 12.5. The van der Waals surface area contributed by atoms with Crippen molar-refractivity contribution in [3.8, 4) is 11.1 Å². The Morgan fingerprint density at radius 2 is 1.79 bits per heavy atom. The molecule has 39 heavy (non-hydrogen) atoms. The summed E-state index contributed by atoms with van der Waals surface area (Å²) in [5.74, 6) is -0.908. The van der Waals surface area contributed by atoms with Crippen LogP contribution in [0.15, 0.2) is 97.5 Å². The Bertz CT molecular complexity index is 1740. The number of hydrogen-bond donors (Lipinski definition) is 0. The van der Waals surface area contributed by atoms with Crippen molar-refractivity contribution in [3.63, 3.8) is 0 Å². The fraction of sp³-hybridized carbons (Fsp3) is 0.0968. The summed E-state index contributed by atoms with van der Waals surface area (Å²) in [4.78, 5) is 30.9. The minimum Gasteiger partial charge on any atom is -0.466 e. The summed E-state index contributed by atoms with van der Waals surface area (Å²) < 4.78 is 15.6. The molecular formula is C31H25ClN4O3. The first-order valence-electron chi connectivity index (χ1n) is 12.7. The molecular weight excluding hydrogens is 512 g/mol. The molecule has 194 valence electrons. The van der Waals surface area contributed by atoms with Crippen molar-refractivity contribution in [2.45, 2.75) is 6.52 Å². The first-order chi connectivity index (χ1) is 19.4. The van der Waals surface area contributed by atoms with E-state index in [-0.39, 0.29) is 0 Å². The van der Waals surface area contributed by atoms with Crippen molar-refractivity contribution in [3.05, 3.63) is 119 Å². The van der Waals surface area contributed by atoms with Gasteiger partial charge in [-0.15, -0.1) is 0 Å². The second-order valence-electron chi connectivity index (χ2n) is 8.78. The van der Waals surface area contributed by atoms with Crippen LogP contribution >= 0.6 is 11.6 Å². The predicted molar refractivity (Wildman–Crippen MR) is 153 cm³/mol. The summed E-state index contributed by atoms with van der Waals surface area (Å²) >= 11 is 6.76. The molecule has 3 aromatic carbocycles. The van der Waals surface area contributed by atoms with Gasteiger partial charge in [-0.05, 0) is 64.7 Å². The molecule has 0 aliphatic carbocycles. The summed E-state index contributed by atoms with van der Waals surface area (Å²) in [7, 11) is 3.18. The molecule has 0 N–H and O–H groups in total. The van der Waals surface area contributed by atoms with E-state index in [1.54, 1.807) is 48.7 Å². The SMILES string of the molecule is [2H]C(c1ccc(-c2ccc3c(cnn3C)c2)cc1Cl)N(C(=O)c1ccccc1)c1cncc(/C=C/C(=O)OC)c1. The zero-order valence-corrected chi connectivity index (χ0v) is 22.0. The smallest absolute Gasteiger partial charge is 0.330 e. The Morgan fingerprint density at radius 1 is 1.03 bits per heavy atom. The lowest BCUT2D eigenvalue weighted by Gasteiger charge is -2.24. The number of carbonyl (C=O) groups excluding carboxylic acids is 2. The summed E-state index contributed by atoms with van der Waals surface area (Å²) in [6.45, 7) is -1.18. The van der Waals surface area contributed by atoms with Crippen molar-refractivity contribution < 1.29 is 15.7 Å². The van der Waals surface area contributed by atoms with Gasteiger partial charge in [-0.25, -0.2) is 4.79 Å². The summed E-state index contributed by atoms with van der Waals surface area (Å²) in [6.07, 6.45) is 7.66. The monoisotopic (exact) mass is 537 g/mol.